The minimum Gasteiger partial charge on any atom is -0.457 e. The fraction of sp³-hybridized carbons (Fsp3) is 0.242. The number of hydrogen-bond donors (Lipinski definition) is 2. The average Bonchev–Trinajstić information content (AvgIpc) is 1.30. The Bertz CT molecular complexity index is 8230. The summed E-state index contributed by atoms with van der Waals surface area (Å²) in [6.07, 6.45) is 1.63. The van der Waals surface area contributed by atoms with Gasteiger partial charge in [0.2, 0.25) is 0 Å². The molecule has 0 radical (unpaired) electrons. The Kier molecular flexibility index (Phi) is 20.9. The number of nitrogens with zero attached hydrogens (tertiary/aromatic N) is 2. The second-order valence-electron chi connectivity index (χ2n) is 46.3. The Morgan fingerprint density at radius 1 is 0.243 bits per heavy atom. The molecule has 4 amide bonds. The normalized spacial score (nSPS) is 13.8. The maximum Gasteiger partial charge on any atom is 0.266 e. The molecule has 20 aromatic carbocycles. The number of carbonyl (C=O) groups excluding carboxylic acids is 4. The van der Waals surface area contributed by atoms with Gasteiger partial charge in [0.05, 0.1) is 33.6 Å². The molecule has 0 aromatic heterocycles. The minimum absolute atomic E-state index is 0.0613. The van der Waals surface area contributed by atoms with Crippen LogP contribution in [0, 0.1) is 13.8 Å². The number of benzene rings is 20. The second kappa shape index (κ2) is 32.6. The van der Waals surface area contributed by atoms with Crippen LogP contribution >= 0.6 is 25.3 Å². The molecule has 0 fully saturated rings. The van der Waals surface area contributed by atoms with Gasteiger partial charge in [-0.15, -0.1) is 25.3 Å². The monoisotopic (exact) mass is 1920 g/mol. The lowest BCUT2D eigenvalue weighted by Crippen LogP contribution is -2.42. The Hall–Kier alpha value is -14.3. The molecule has 0 saturated carbocycles. The van der Waals surface area contributed by atoms with Gasteiger partial charge in [-0.3, -0.25) is 19.2 Å². The highest BCUT2D eigenvalue weighted by molar-refractivity contribution is 7.80. The van der Waals surface area contributed by atoms with E-state index in [1.54, 1.807) is 0 Å². The van der Waals surface area contributed by atoms with Gasteiger partial charge in [-0.05, 0) is 369 Å². The smallest absolute Gasteiger partial charge is 0.266 e. The number of anilines is 2. The van der Waals surface area contributed by atoms with Crippen LogP contribution in [0.4, 0.5) is 11.4 Å². The van der Waals surface area contributed by atoms with Gasteiger partial charge in [-0.1, -0.05) is 260 Å². The van der Waals surface area contributed by atoms with Crippen molar-refractivity contribution in [2.45, 2.75) is 220 Å². The fourth-order valence-corrected chi connectivity index (χ4v) is 24.5. The number of hydrogen-bond acceptors (Lipinski definition) is 10. The first kappa shape index (κ1) is 92.1. The van der Waals surface area contributed by atoms with Crippen LogP contribution < -0.4 is 28.7 Å². The summed E-state index contributed by atoms with van der Waals surface area (Å²) in [5.41, 5.74) is 24.4. The van der Waals surface area contributed by atoms with E-state index in [9.17, 15) is 0 Å². The summed E-state index contributed by atoms with van der Waals surface area (Å²) in [4.78, 5) is 69.6. The first-order chi connectivity index (χ1) is 68.5. The van der Waals surface area contributed by atoms with Crippen LogP contribution in [-0.4, -0.2) is 23.6 Å². The van der Waals surface area contributed by atoms with Gasteiger partial charge < -0.3 is 18.9 Å². The summed E-state index contributed by atoms with van der Waals surface area (Å²) in [5, 5.41) is 18.4. The lowest BCUT2D eigenvalue weighted by molar-refractivity contribution is 0.0877. The number of ether oxygens (including phenoxy) is 4. The van der Waals surface area contributed by atoms with E-state index in [4.69, 9.17) is 44.2 Å². The van der Waals surface area contributed by atoms with Gasteiger partial charge in [0.25, 0.3) is 23.6 Å². The molecule has 144 heavy (non-hydrogen) atoms. The third kappa shape index (κ3) is 14.3. The standard InChI is InChI=1S/C132H116N2O8S2/c1-65(2)95-57-85(143)58-96(66(3)4)123(95)133-125(135)103-61-107(139-81-33-25-77(26-34-81)129(11,12)13)117-91-45-41-87-99-53-73-49-69(9)71(51-75(73)55-101(99)89-43-47-93(113(91)111(87)89)119-109(63-105(127(133)137)115(103)121(117)119)141-83-37-29-79(30-38-83)131(17,18)19)23-24-72-52-76-56-102-90-44-48-94-114-92(46-42-88(112(90)114)100(102)54-74(76)50-70(72)10)118-108(140-82-35-27-78(28-36-82)130(14,15)16)62-104-116-106(64-110(120(94)122(116)118)142-84-39-31-80(32-40-84)132(20,21)22)128(138)134(126(104)136)124-97(67(5)6)59-86(144)60-98(124)68(7)8/h25-68,143-144H,23-24H2,1-22H3. The van der Waals surface area contributed by atoms with E-state index in [1.165, 1.54) is 32.1 Å². The third-order valence-corrected chi connectivity index (χ3v) is 32.0. The molecule has 0 saturated heterocycles. The lowest BCUT2D eigenvalue weighted by Gasteiger charge is -2.34. The minimum atomic E-state index is -0.423. The third-order valence-electron chi connectivity index (χ3n) is 31.5. The fourth-order valence-electron chi connectivity index (χ4n) is 24.0. The molecule has 0 atom stereocenters. The number of rotatable bonds is 17. The number of carbonyl (C=O) groups is 4. The molecule has 10 nitrogen and oxygen atoms in total. The van der Waals surface area contributed by atoms with E-state index in [0.29, 0.717) is 90.4 Å². The van der Waals surface area contributed by atoms with Gasteiger partial charge in [0.15, 0.2) is 0 Å². The summed E-state index contributed by atoms with van der Waals surface area (Å²) in [5.74, 6) is 2.50. The van der Waals surface area contributed by atoms with Crippen LogP contribution in [0.5, 0.6) is 46.0 Å². The largest absolute Gasteiger partial charge is 0.457 e. The molecule has 2 aliphatic carbocycles. The van der Waals surface area contributed by atoms with Crippen LogP contribution in [0.3, 0.4) is 0 Å². The van der Waals surface area contributed by atoms with Crippen molar-refractivity contribution in [3.63, 3.8) is 0 Å². The summed E-state index contributed by atoms with van der Waals surface area (Å²) in [6, 6.07) is 86.1. The molecule has 0 bridgehead atoms. The molecule has 0 unspecified atom stereocenters. The molecule has 24 rings (SSSR count). The zero-order valence-electron chi connectivity index (χ0n) is 85.9. The predicted molar refractivity (Wildman–Crippen MR) is 603 cm³/mol. The number of fused-ring (bicyclic) bond motifs is 12. The average molecular weight is 1920 g/mol. The van der Waals surface area contributed by atoms with Crippen LogP contribution in [-0.2, 0) is 34.5 Å². The Balaban J connectivity index is 0.626. The van der Waals surface area contributed by atoms with Crippen molar-refractivity contribution in [2.75, 3.05) is 9.80 Å². The van der Waals surface area contributed by atoms with Crippen LogP contribution in [0.25, 0.3) is 152 Å². The molecule has 20 aromatic rings. The molecular weight excluding hydrogens is 1810 g/mol. The molecule has 2 heterocycles. The van der Waals surface area contributed by atoms with E-state index in [-0.39, 0.29) is 45.3 Å². The topological polar surface area (TPSA) is 112 Å². The highest BCUT2D eigenvalue weighted by atomic mass is 32.1. The molecule has 0 spiro atoms. The first-order valence-corrected chi connectivity index (χ1v) is 51.8. The second-order valence-corrected chi connectivity index (χ2v) is 47.4. The first-order valence-electron chi connectivity index (χ1n) is 50.9. The zero-order chi connectivity index (χ0) is 101. The quantitative estimate of drug-likeness (QED) is 0.0401. The van der Waals surface area contributed by atoms with Crippen molar-refractivity contribution < 1.29 is 38.1 Å². The van der Waals surface area contributed by atoms with Crippen molar-refractivity contribution in [3.8, 4) is 90.5 Å². The van der Waals surface area contributed by atoms with E-state index >= 15 is 19.2 Å². The van der Waals surface area contributed by atoms with Gasteiger partial charge >= 0.3 is 0 Å². The van der Waals surface area contributed by atoms with Gasteiger partial charge in [0, 0.05) is 52.9 Å². The Morgan fingerprint density at radius 3 is 0.688 bits per heavy atom. The van der Waals surface area contributed by atoms with E-state index in [0.717, 1.165) is 209 Å². The summed E-state index contributed by atoms with van der Waals surface area (Å²) in [6.45, 7) is 47.8. The molecule has 0 N–H and O–H groups in total. The Morgan fingerprint density at radius 2 is 0.465 bits per heavy atom. The van der Waals surface area contributed by atoms with Crippen molar-refractivity contribution in [1.29, 1.82) is 0 Å². The maximum absolute atomic E-state index is 16.3. The SMILES string of the molecule is Cc1cc2cc3c(cc2cc1CCc1cc2cc4c(cc2cc1C)-c1ccc2c5c(Oc6ccc(C(C)(C)C)cc6)cc6c7c(cc(Oc8ccc(C(C)(C)C)cc8)c(c8ccc-4c1c28)c75)C(=O)N(c1c(C(C)C)cc(S)cc1C(C)C)C6=O)-c1ccc2c4c(Oc5ccc(C(C)(C)C)cc5)cc5c6c(cc(Oc7ccc(C(C)(C)C)cc7)c(c7ccc-3c1c72)c64)C(=O)N(c1c(C(C)C)cc(S)cc1C(C)C)C5=O. The van der Waals surface area contributed by atoms with Gasteiger partial charge in [-0.25, -0.2) is 9.80 Å². The molecular formula is C132H116N2O8S2. The highest BCUT2D eigenvalue weighted by Gasteiger charge is 2.45. The number of amides is 4. The van der Waals surface area contributed by atoms with Gasteiger partial charge in [-0.2, -0.15) is 0 Å². The molecule has 2 aliphatic heterocycles. The van der Waals surface area contributed by atoms with Crippen LogP contribution in [0.1, 0.15) is 270 Å². The van der Waals surface area contributed by atoms with Crippen LogP contribution in [0.2, 0.25) is 0 Å². The molecule has 12 heteroatoms. The molecule has 714 valence electrons. The van der Waals surface area contributed by atoms with E-state index < -0.39 is 23.6 Å². The predicted octanol–water partition coefficient (Wildman–Crippen LogP) is 36.8. The van der Waals surface area contributed by atoms with E-state index in [1.807, 2.05) is 97.1 Å². The number of thiol groups is 2. The van der Waals surface area contributed by atoms with E-state index in [2.05, 4.69) is 298 Å². The van der Waals surface area contributed by atoms with Crippen LogP contribution in [0.15, 0.2) is 252 Å². The van der Waals surface area contributed by atoms with Gasteiger partial charge in [0.1, 0.15) is 46.0 Å². The van der Waals surface area contributed by atoms with Crippen molar-refractivity contribution in [3.05, 3.63) is 332 Å². The summed E-state index contributed by atoms with van der Waals surface area (Å²) >= 11 is 9.83. The zero-order valence-corrected chi connectivity index (χ0v) is 87.7. The van der Waals surface area contributed by atoms with Crippen molar-refractivity contribution >= 4 is 168 Å². The highest BCUT2D eigenvalue weighted by Crippen LogP contribution is 2.62. The molecule has 4 aliphatic rings. The number of imide groups is 2. The maximum atomic E-state index is 16.3. The van der Waals surface area contributed by atoms with Crippen molar-refractivity contribution in [2.24, 2.45) is 0 Å². The number of aryl methyl sites for hydroxylation is 4. The lowest BCUT2D eigenvalue weighted by atomic mass is 9.82. The summed E-state index contributed by atoms with van der Waals surface area (Å²) < 4.78 is 29.5. The summed E-state index contributed by atoms with van der Waals surface area (Å²) in [7, 11) is 0. The van der Waals surface area contributed by atoms with Crippen molar-refractivity contribution in [1.82, 2.24) is 0 Å². The Labute approximate surface area is 852 Å².